The zero-order chi connectivity index (χ0) is 25.4. The molecule has 2 amide bonds. The first kappa shape index (κ1) is 23.9. The molecule has 3 heterocycles. The van der Waals surface area contributed by atoms with E-state index in [4.69, 9.17) is 14.2 Å². The number of hydrogen-bond acceptors (Lipinski definition) is 7. The molecule has 1 atom stereocenters. The highest BCUT2D eigenvalue weighted by Crippen LogP contribution is 2.33. The van der Waals surface area contributed by atoms with Crippen molar-refractivity contribution in [2.24, 2.45) is 5.92 Å². The maximum atomic E-state index is 13.2. The number of benzene rings is 3. The standard InChI is InChI=1S/C29H30N2O6/c32-22(17-35-16-20-7-8-25-26(13-20)37-18-36-25)15-30-11-9-19(10-12-30)14-31-28(33)23-5-1-3-21-4-2-6-24(27(21)23)29(31)34/h1-8,13,19,22,32H,9-12,14-18H2/t22-/m0/s1. The third-order valence-electron chi connectivity index (χ3n) is 7.49. The van der Waals surface area contributed by atoms with E-state index in [1.165, 1.54) is 4.90 Å². The van der Waals surface area contributed by atoms with Crippen LogP contribution in [-0.2, 0) is 11.3 Å². The highest BCUT2D eigenvalue weighted by molar-refractivity contribution is 6.25. The minimum atomic E-state index is -0.590. The fourth-order valence-corrected chi connectivity index (χ4v) is 5.55. The first-order valence-corrected chi connectivity index (χ1v) is 12.8. The van der Waals surface area contributed by atoms with Crippen LogP contribution in [0.5, 0.6) is 11.5 Å². The van der Waals surface area contributed by atoms with Crippen molar-refractivity contribution >= 4 is 22.6 Å². The van der Waals surface area contributed by atoms with Gasteiger partial charge in [-0.25, -0.2) is 0 Å². The van der Waals surface area contributed by atoms with E-state index in [9.17, 15) is 14.7 Å². The van der Waals surface area contributed by atoms with Crippen molar-refractivity contribution in [1.29, 1.82) is 0 Å². The Bertz CT molecular complexity index is 1280. The average molecular weight is 503 g/mol. The van der Waals surface area contributed by atoms with Crippen LogP contribution < -0.4 is 9.47 Å². The molecule has 3 aliphatic rings. The molecule has 0 radical (unpaired) electrons. The number of hydrogen-bond donors (Lipinski definition) is 1. The zero-order valence-corrected chi connectivity index (χ0v) is 20.6. The molecule has 3 aliphatic heterocycles. The first-order valence-electron chi connectivity index (χ1n) is 12.8. The molecule has 0 aromatic heterocycles. The SMILES string of the molecule is O=C1c2cccc3cccc(c23)C(=O)N1CC1CCN(C[C@H](O)COCc2ccc3c(c2)OCO3)CC1. The van der Waals surface area contributed by atoms with Crippen LogP contribution in [0.2, 0.25) is 0 Å². The van der Waals surface area contributed by atoms with Gasteiger partial charge in [-0.2, -0.15) is 0 Å². The third kappa shape index (κ3) is 4.80. The molecule has 192 valence electrons. The lowest BCUT2D eigenvalue weighted by Gasteiger charge is -2.36. The Morgan fingerprint density at radius 3 is 2.38 bits per heavy atom. The largest absolute Gasteiger partial charge is 0.454 e. The van der Waals surface area contributed by atoms with E-state index in [1.54, 1.807) is 0 Å². The number of carbonyl (C=O) groups is 2. The average Bonchev–Trinajstić information content (AvgIpc) is 3.39. The maximum absolute atomic E-state index is 13.2. The van der Waals surface area contributed by atoms with E-state index in [2.05, 4.69) is 4.90 Å². The van der Waals surface area contributed by atoms with E-state index >= 15 is 0 Å². The topological polar surface area (TPSA) is 88.5 Å². The Hall–Kier alpha value is -3.46. The monoisotopic (exact) mass is 502 g/mol. The fraction of sp³-hybridized carbons (Fsp3) is 0.379. The van der Waals surface area contributed by atoms with Crippen LogP contribution in [0, 0.1) is 5.92 Å². The van der Waals surface area contributed by atoms with Crippen LogP contribution in [0.4, 0.5) is 0 Å². The summed E-state index contributed by atoms with van der Waals surface area (Å²) in [6.07, 6.45) is 1.15. The molecule has 1 N–H and O–H groups in total. The predicted molar refractivity (Wildman–Crippen MR) is 137 cm³/mol. The van der Waals surface area contributed by atoms with Crippen molar-refractivity contribution in [2.75, 3.05) is 39.6 Å². The molecule has 0 saturated carbocycles. The Morgan fingerprint density at radius 2 is 1.65 bits per heavy atom. The second-order valence-corrected chi connectivity index (χ2v) is 10.0. The molecule has 0 unspecified atom stereocenters. The van der Waals surface area contributed by atoms with Crippen molar-refractivity contribution in [3.63, 3.8) is 0 Å². The maximum Gasteiger partial charge on any atom is 0.261 e. The van der Waals surface area contributed by atoms with Crippen molar-refractivity contribution in [2.45, 2.75) is 25.6 Å². The van der Waals surface area contributed by atoms with Crippen LogP contribution in [0.15, 0.2) is 54.6 Å². The van der Waals surface area contributed by atoms with Crippen LogP contribution in [-0.4, -0.2) is 72.4 Å². The normalized spacial score (nSPS) is 18.6. The second kappa shape index (κ2) is 10.1. The quantitative estimate of drug-likeness (QED) is 0.472. The number of nitrogens with zero attached hydrogens (tertiary/aromatic N) is 2. The second-order valence-electron chi connectivity index (χ2n) is 10.0. The van der Waals surface area contributed by atoms with Crippen molar-refractivity contribution < 1.29 is 28.9 Å². The molecular formula is C29H30N2O6. The minimum absolute atomic E-state index is 0.202. The summed E-state index contributed by atoms with van der Waals surface area (Å²) in [4.78, 5) is 30.0. The van der Waals surface area contributed by atoms with Crippen LogP contribution in [0.25, 0.3) is 10.8 Å². The van der Waals surface area contributed by atoms with Gasteiger partial charge in [-0.15, -0.1) is 0 Å². The number of imide groups is 1. The molecule has 3 aromatic carbocycles. The molecule has 8 nitrogen and oxygen atoms in total. The molecule has 1 fully saturated rings. The van der Waals surface area contributed by atoms with Crippen molar-refractivity contribution in [3.8, 4) is 11.5 Å². The number of fused-ring (bicyclic) bond motifs is 1. The number of aliphatic hydroxyl groups excluding tert-OH is 1. The number of amides is 2. The third-order valence-corrected chi connectivity index (χ3v) is 7.49. The van der Waals surface area contributed by atoms with Gasteiger partial charge in [0, 0.05) is 29.6 Å². The van der Waals surface area contributed by atoms with Gasteiger partial charge >= 0.3 is 0 Å². The van der Waals surface area contributed by atoms with Gasteiger partial charge in [-0.05, 0) is 67.1 Å². The Labute approximate surface area is 215 Å². The molecule has 3 aromatic rings. The minimum Gasteiger partial charge on any atom is -0.454 e. The van der Waals surface area contributed by atoms with E-state index in [0.29, 0.717) is 30.8 Å². The number of rotatable bonds is 8. The van der Waals surface area contributed by atoms with Crippen LogP contribution in [0.1, 0.15) is 39.1 Å². The van der Waals surface area contributed by atoms with E-state index < -0.39 is 6.10 Å². The number of piperidine rings is 1. The molecule has 8 heteroatoms. The molecule has 0 spiro atoms. The van der Waals surface area contributed by atoms with Gasteiger partial charge in [0.1, 0.15) is 0 Å². The van der Waals surface area contributed by atoms with Gasteiger partial charge < -0.3 is 24.2 Å². The Morgan fingerprint density at radius 1 is 0.946 bits per heavy atom. The van der Waals surface area contributed by atoms with E-state index in [1.807, 2.05) is 54.6 Å². The highest BCUT2D eigenvalue weighted by atomic mass is 16.7. The molecule has 1 saturated heterocycles. The number of carbonyl (C=O) groups excluding carboxylic acids is 2. The molecular weight excluding hydrogens is 472 g/mol. The Kier molecular flexibility index (Phi) is 6.54. The van der Waals surface area contributed by atoms with E-state index in [0.717, 1.165) is 53.8 Å². The zero-order valence-electron chi connectivity index (χ0n) is 20.6. The summed E-state index contributed by atoms with van der Waals surface area (Å²) in [7, 11) is 0. The van der Waals surface area contributed by atoms with Crippen LogP contribution >= 0.6 is 0 Å². The number of β-amino-alcohol motifs (C(OH)–C–C–N with tert-alkyl or cyclic N) is 1. The Balaban J connectivity index is 0.975. The molecule has 0 bridgehead atoms. The summed E-state index contributed by atoms with van der Waals surface area (Å²) in [5.41, 5.74) is 2.18. The number of likely N-dealkylation sites (tertiary alicyclic amines) is 1. The lowest BCUT2D eigenvalue weighted by Crippen LogP contribution is -2.46. The summed E-state index contributed by atoms with van der Waals surface area (Å²) in [6.45, 7) is 3.46. The summed E-state index contributed by atoms with van der Waals surface area (Å²) in [5.74, 6) is 1.30. The summed E-state index contributed by atoms with van der Waals surface area (Å²) in [6, 6.07) is 16.9. The van der Waals surface area contributed by atoms with Gasteiger partial charge in [0.05, 0.1) is 19.3 Å². The molecule has 0 aliphatic carbocycles. The van der Waals surface area contributed by atoms with Crippen molar-refractivity contribution in [1.82, 2.24) is 9.80 Å². The smallest absolute Gasteiger partial charge is 0.261 e. The molecule has 37 heavy (non-hydrogen) atoms. The predicted octanol–water partition coefficient (Wildman–Crippen LogP) is 3.45. The first-order chi connectivity index (χ1) is 18.1. The number of ether oxygens (including phenoxy) is 3. The number of aliphatic hydroxyl groups is 1. The van der Waals surface area contributed by atoms with Crippen LogP contribution in [0.3, 0.4) is 0 Å². The lowest BCUT2D eigenvalue weighted by atomic mass is 9.91. The molecule has 6 rings (SSSR count). The van der Waals surface area contributed by atoms with Gasteiger partial charge in [0.2, 0.25) is 6.79 Å². The van der Waals surface area contributed by atoms with Gasteiger partial charge in [-0.3, -0.25) is 14.5 Å². The van der Waals surface area contributed by atoms with Gasteiger partial charge in [0.25, 0.3) is 11.8 Å². The summed E-state index contributed by atoms with van der Waals surface area (Å²) >= 11 is 0. The van der Waals surface area contributed by atoms with Crippen molar-refractivity contribution in [3.05, 3.63) is 71.3 Å². The summed E-state index contributed by atoms with van der Waals surface area (Å²) < 4.78 is 16.4. The summed E-state index contributed by atoms with van der Waals surface area (Å²) in [5, 5.41) is 12.2. The van der Waals surface area contributed by atoms with E-state index in [-0.39, 0.29) is 31.1 Å². The van der Waals surface area contributed by atoms with Gasteiger partial charge in [-0.1, -0.05) is 30.3 Å². The fourth-order valence-electron chi connectivity index (χ4n) is 5.55. The van der Waals surface area contributed by atoms with Gasteiger partial charge in [0.15, 0.2) is 11.5 Å². The lowest BCUT2D eigenvalue weighted by molar-refractivity contribution is 0.00357. The highest BCUT2D eigenvalue weighted by Gasteiger charge is 2.35.